The van der Waals surface area contributed by atoms with Crippen molar-refractivity contribution >= 4 is 55.7 Å². The number of nitrogens with zero attached hydrogens (tertiary/aromatic N) is 5. The third kappa shape index (κ3) is 3.81. The van der Waals surface area contributed by atoms with Gasteiger partial charge in [0.05, 0.1) is 33.5 Å². The van der Waals surface area contributed by atoms with Crippen LogP contribution >= 0.6 is 11.3 Å². The highest BCUT2D eigenvalue weighted by Gasteiger charge is 2.28. The van der Waals surface area contributed by atoms with Gasteiger partial charge in [-0.1, -0.05) is 35.6 Å². The van der Waals surface area contributed by atoms with E-state index >= 15 is 0 Å². The number of rotatable bonds is 6. The number of anilines is 4. The maximum atomic E-state index is 12.2. The molecule has 0 amide bonds. The lowest BCUT2D eigenvalue weighted by atomic mass is 10.1. The van der Waals surface area contributed by atoms with E-state index in [0.717, 1.165) is 15.8 Å². The molecule has 0 bridgehead atoms. The lowest BCUT2D eigenvalue weighted by Gasteiger charge is -2.20. The van der Waals surface area contributed by atoms with Crippen LogP contribution in [-0.2, 0) is 4.74 Å². The molecule has 0 unspecified atom stereocenters. The number of fused-ring (bicyclic) bond motifs is 1. The summed E-state index contributed by atoms with van der Waals surface area (Å²) in [6, 6.07) is 12.4. The molecule has 1 N–H and O–H groups in total. The van der Waals surface area contributed by atoms with Crippen LogP contribution in [0.1, 0.15) is 15.9 Å². The van der Waals surface area contributed by atoms with Gasteiger partial charge in [-0.2, -0.15) is 0 Å². The summed E-state index contributed by atoms with van der Waals surface area (Å²) in [5.74, 6) is -0.549. The molecular formula is C21H18N6O4S. The van der Waals surface area contributed by atoms with Crippen molar-refractivity contribution in [2.75, 3.05) is 24.4 Å². The van der Waals surface area contributed by atoms with Crippen LogP contribution in [0.25, 0.3) is 10.2 Å². The van der Waals surface area contributed by atoms with Crippen LogP contribution in [0.4, 0.5) is 28.1 Å². The van der Waals surface area contributed by atoms with Crippen LogP contribution in [0.3, 0.4) is 0 Å². The normalized spacial score (nSPS) is 10.7. The van der Waals surface area contributed by atoms with Gasteiger partial charge in [-0.3, -0.25) is 10.1 Å². The minimum absolute atomic E-state index is 0.000826. The maximum Gasteiger partial charge on any atom is 0.354 e. The molecular weight excluding hydrogens is 432 g/mol. The molecule has 0 spiro atoms. The first kappa shape index (κ1) is 21.1. The van der Waals surface area contributed by atoms with Crippen LogP contribution in [0.15, 0.2) is 48.8 Å². The Balaban J connectivity index is 1.78. The number of methoxy groups -OCH3 is 1. The standard InChI is InChI=1S/C21H18N6O4S/c1-12-7-6-10-15-16(12)24-21(32-15)25-18-17(27(29)30)19(23-11-22-18)26(2)14-9-5-4-8-13(14)20(28)31-3/h4-11H,1-3H3,(H,22,23,24,25). The number of carbonyl (C=O) groups excluding carboxylic acids is 1. The first-order valence-corrected chi connectivity index (χ1v) is 10.3. The Labute approximate surface area is 186 Å². The van der Waals surface area contributed by atoms with Crippen molar-refractivity contribution in [1.82, 2.24) is 15.0 Å². The summed E-state index contributed by atoms with van der Waals surface area (Å²) in [5, 5.41) is 15.5. The zero-order valence-electron chi connectivity index (χ0n) is 17.4. The summed E-state index contributed by atoms with van der Waals surface area (Å²) in [4.78, 5) is 37.8. The van der Waals surface area contributed by atoms with Gasteiger partial charge < -0.3 is 15.0 Å². The van der Waals surface area contributed by atoms with Crippen molar-refractivity contribution in [1.29, 1.82) is 0 Å². The Hall–Kier alpha value is -4.12. The van der Waals surface area contributed by atoms with Gasteiger partial charge in [-0.25, -0.2) is 19.7 Å². The zero-order chi connectivity index (χ0) is 22.8. The summed E-state index contributed by atoms with van der Waals surface area (Å²) in [5.41, 5.74) is 2.14. The van der Waals surface area contributed by atoms with Crippen LogP contribution in [-0.4, -0.2) is 40.0 Å². The summed E-state index contributed by atoms with van der Waals surface area (Å²) in [6.45, 7) is 1.95. The highest BCUT2D eigenvalue weighted by atomic mass is 32.1. The number of nitro groups is 1. The molecule has 32 heavy (non-hydrogen) atoms. The largest absolute Gasteiger partial charge is 0.465 e. The van der Waals surface area contributed by atoms with Crippen molar-refractivity contribution in [3.63, 3.8) is 0 Å². The average Bonchev–Trinajstić information content (AvgIpc) is 3.21. The molecule has 10 nitrogen and oxygen atoms in total. The number of nitrogens with one attached hydrogen (secondary N) is 1. The third-order valence-corrected chi connectivity index (χ3v) is 5.76. The number of esters is 1. The molecule has 11 heteroatoms. The number of aromatic nitrogens is 3. The van der Waals surface area contributed by atoms with E-state index in [1.54, 1.807) is 31.3 Å². The fourth-order valence-corrected chi connectivity index (χ4v) is 4.22. The van der Waals surface area contributed by atoms with Gasteiger partial charge in [-0.15, -0.1) is 0 Å². The minimum Gasteiger partial charge on any atom is -0.465 e. The molecule has 0 fully saturated rings. The molecule has 2 aromatic carbocycles. The second-order valence-corrected chi connectivity index (χ2v) is 7.82. The predicted molar refractivity (Wildman–Crippen MR) is 122 cm³/mol. The van der Waals surface area contributed by atoms with Gasteiger partial charge >= 0.3 is 11.7 Å². The van der Waals surface area contributed by atoms with Crippen molar-refractivity contribution in [3.8, 4) is 0 Å². The molecule has 0 saturated heterocycles. The third-order valence-electron chi connectivity index (χ3n) is 4.82. The summed E-state index contributed by atoms with van der Waals surface area (Å²) < 4.78 is 5.78. The topological polar surface area (TPSA) is 123 Å². The number of thiazole rings is 1. The van der Waals surface area contributed by atoms with Crippen LogP contribution in [0.5, 0.6) is 0 Å². The number of hydrogen-bond acceptors (Lipinski definition) is 10. The maximum absolute atomic E-state index is 12.2. The first-order chi connectivity index (χ1) is 15.4. The van der Waals surface area contributed by atoms with Gasteiger partial charge in [0.15, 0.2) is 5.13 Å². The van der Waals surface area contributed by atoms with E-state index in [1.165, 1.54) is 29.7 Å². The molecule has 4 aromatic rings. The second kappa shape index (κ2) is 8.55. The Bertz CT molecular complexity index is 1340. The first-order valence-electron chi connectivity index (χ1n) is 9.44. The summed E-state index contributed by atoms with van der Waals surface area (Å²) in [7, 11) is 2.86. The Kier molecular flexibility index (Phi) is 5.65. The van der Waals surface area contributed by atoms with E-state index < -0.39 is 10.9 Å². The van der Waals surface area contributed by atoms with Crippen molar-refractivity contribution in [2.24, 2.45) is 0 Å². The Morgan fingerprint density at radius 1 is 1.19 bits per heavy atom. The Morgan fingerprint density at radius 3 is 2.69 bits per heavy atom. The monoisotopic (exact) mass is 450 g/mol. The van der Waals surface area contributed by atoms with Crippen LogP contribution < -0.4 is 10.2 Å². The van der Waals surface area contributed by atoms with Gasteiger partial charge in [0, 0.05) is 7.05 Å². The average molecular weight is 450 g/mol. The molecule has 2 heterocycles. The van der Waals surface area contributed by atoms with Crippen molar-refractivity contribution in [3.05, 3.63) is 70.0 Å². The molecule has 162 valence electrons. The SMILES string of the molecule is COC(=O)c1ccccc1N(C)c1ncnc(Nc2nc3c(C)cccc3s2)c1[N+](=O)[O-]. The van der Waals surface area contributed by atoms with Crippen molar-refractivity contribution in [2.45, 2.75) is 6.92 Å². The molecule has 2 aromatic heterocycles. The molecule has 0 aliphatic heterocycles. The quantitative estimate of drug-likeness (QED) is 0.255. The molecule has 0 aliphatic carbocycles. The molecule has 0 atom stereocenters. The molecule has 0 saturated carbocycles. The van der Waals surface area contributed by atoms with Gasteiger partial charge in [-0.05, 0) is 30.7 Å². The van der Waals surface area contributed by atoms with Crippen LogP contribution in [0, 0.1) is 17.0 Å². The van der Waals surface area contributed by atoms with Gasteiger partial charge in [0.1, 0.15) is 6.33 Å². The predicted octanol–water partition coefficient (Wildman–Crippen LogP) is 4.60. The lowest BCUT2D eigenvalue weighted by molar-refractivity contribution is -0.383. The van der Waals surface area contributed by atoms with E-state index in [-0.39, 0.29) is 22.9 Å². The number of aryl methyl sites for hydroxylation is 1. The zero-order valence-corrected chi connectivity index (χ0v) is 18.2. The minimum atomic E-state index is -0.563. The number of benzene rings is 2. The highest BCUT2D eigenvalue weighted by molar-refractivity contribution is 7.22. The number of para-hydroxylation sites is 2. The lowest BCUT2D eigenvalue weighted by Crippen LogP contribution is -2.18. The second-order valence-electron chi connectivity index (χ2n) is 6.79. The van der Waals surface area contributed by atoms with Gasteiger partial charge in [0.25, 0.3) is 0 Å². The molecule has 4 rings (SSSR count). The molecule has 0 aliphatic rings. The van der Waals surface area contributed by atoms with E-state index in [9.17, 15) is 14.9 Å². The summed E-state index contributed by atoms with van der Waals surface area (Å²) in [6.07, 6.45) is 1.22. The number of ether oxygens (including phenoxy) is 1. The van der Waals surface area contributed by atoms with Gasteiger partial charge in [0.2, 0.25) is 11.6 Å². The van der Waals surface area contributed by atoms with Crippen LogP contribution in [0.2, 0.25) is 0 Å². The smallest absolute Gasteiger partial charge is 0.354 e. The summed E-state index contributed by atoms with van der Waals surface area (Å²) >= 11 is 1.37. The molecule has 0 radical (unpaired) electrons. The number of hydrogen-bond donors (Lipinski definition) is 1. The number of carbonyl (C=O) groups is 1. The fourth-order valence-electron chi connectivity index (χ4n) is 3.28. The van der Waals surface area contributed by atoms with E-state index in [0.29, 0.717) is 10.8 Å². The van der Waals surface area contributed by atoms with Crippen molar-refractivity contribution < 1.29 is 14.5 Å². The van der Waals surface area contributed by atoms with E-state index in [1.807, 2.05) is 25.1 Å². The van der Waals surface area contributed by atoms with E-state index in [4.69, 9.17) is 4.74 Å². The highest BCUT2D eigenvalue weighted by Crippen LogP contribution is 2.38. The van der Waals surface area contributed by atoms with E-state index in [2.05, 4.69) is 20.3 Å². The fraction of sp³-hybridized carbons (Fsp3) is 0.143. The Morgan fingerprint density at radius 2 is 1.97 bits per heavy atom.